The van der Waals surface area contributed by atoms with Crippen LogP contribution in [-0.4, -0.2) is 43.8 Å². The first-order valence-electron chi connectivity index (χ1n) is 13.8. The van der Waals surface area contributed by atoms with Gasteiger partial charge in [-0.2, -0.15) is 0 Å². The average Bonchev–Trinajstić information content (AvgIpc) is 2.96. The van der Waals surface area contributed by atoms with Crippen molar-refractivity contribution in [1.29, 1.82) is 0 Å². The van der Waals surface area contributed by atoms with E-state index in [2.05, 4.69) is 5.32 Å². The van der Waals surface area contributed by atoms with Crippen LogP contribution in [0.5, 0.6) is 0 Å². The topological polar surface area (TPSA) is 86.8 Å². The summed E-state index contributed by atoms with van der Waals surface area (Å²) in [6, 6.07) is 17.0. The lowest BCUT2D eigenvalue weighted by atomic mass is 9.95. The van der Waals surface area contributed by atoms with Crippen molar-refractivity contribution < 1.29 is 18.0 Å². The molecule has 3 aromatic carbocycles. The van der Waals surface area contributed by atoms with Crippen LogP contribution >= 0.6 is 34.8 Å². The van der Waals surface area contributed by atoms with E-state index in [0.717, 1.165) is 42.0 Å². The van der Waals surface area contributed by atoms with Crippen LogP contribution in [0.3, 0.4) is 0 Å². The number of hydrogen-bond donors (Lipinski definition) is 1. The van der Waals surface area contributed by atoms with Gasteiger partial charge in [0, 0.05) is 17.6 Å². The Morgan fingerprint density at radius 1 is 0.952 bits per heavy atom. The predicted molar refractivity (Wildman–Crippen MR) is 169 cm³/mol. The monoisotopic (exact) mass is 649 g/mol. The maximum absolute atomic E-state index is 14.1. The van der Waals surface area contributed by atoms with Gasteiger partial charge >= 0.3 is 0 Å². The van der Waals surface area contributed by atoms with Gasteiger partial charge in [0.05, 0.1) is 20.6 Å². The Morgan fingerprint density at radius 3 is 2.29 bits per heavy atom. The summed E-state index contributed by atoms with van der Waals surface area (Å²) in [5.74, 6) is -0.890. The molecule has 2 amide bonds. The zero-order valence-electron chi connectivity index (χ0n) is 23.5. The van der Waals surface area contributed by atoms with Crippen molar-refractivity contribution in [2.24, 2.45) is 0 Å². The number of carbonyl (C=O) groups excluding carboxylic acids is 2. The number of nitrogens with zero attached hydrogens (tertiary/aromatic N) is 2. The highest BCUT2D eigenvalue weighted by molar-refractivity contribution is 7.92. The average molecular weight is 651 g/mol. The summed E-state index contributed by atoms with van der Waals surface area (Å²) < 4.78 is 28.9. The van der Waals surface area contributed by atoms with Crippen LogP contribution in [-0.2, 0) is 26.2 Å². The smallest absolute Gasteiger partial charge is 0.264 e. The summed E-state index contributed by atoms with van der Waals surface area (Å²) >= 11 is 19.0. The van der Waals surface area contributed by atoms with Crippen molar-refractivity contribution in [1.82, 2.24) is 10.2 Å². The Hall–Kier alpha value is -2.78. The molecule has 1 aliphatic carbocycles. The number of sulfonamides is 1. The zero-order valence-corrected chi connectivity index (χ0v) is 26.6. The summed E-state index contributed by atoms with van der Waals surface area (Å²) in [7, 11) is -4.27. The van der Waals surface area contributed by atoms with Gasteiger partial charge in [0.25, 0.3) is 10.0 Å². The van der Waals surface area contributed by atoms with Gasteiger partial charge in [-0.15, -0.1) is 0 Å². The number of anilines is 1. The number of nitrogens with one attached hydrogen (secondary N) is 1. The van der Waals surface area contributed by atoms with Crippen molar-refractivity contribution in [2.45, 2.75) is 69.5 Å². The van der Waals surface area contributed by atoms with Crippen molar-refractivity contribution >= 4 is 62.3 Å². The molecule has 0 aromatic heterocycles. The first kappa shape index (κ1) is 32.1. The van der Waals surface area contributed by atoms with E-state index in [1.807, 2.05) is 6.92 Å². The van der Waals surface area contributed by atoms with Gasteiger partial charge in [-0.3, -0.25) is 13.9 Å². The fourth-order valence-corrected chi connectivity index (χ4v) is 7.11. The van der Waals surface area contributed by atoms with E-state index in [-0.39, 0.29) is 39.1 Å². The summed E-state index contributed by atoms with van der Waals surface area (Å²) in [6.45, 7) is 2.92. The molecular weight excluding hydrogens is 617 g/mol. The molecule has 1 saturated carbocycles. The van der Waals surface area contributed by atoms with Crippen molar-refractivity contribution in [3.05, 3.63) is 92.9 Å². The number of aryl methyl sites for hydroxylation is 1. The molecule has 0 heterocycles. The molecular formula is C31H34Cl3N3O4S. The second-order valence-electron chi connectivity index (χ2n) is 10.6. The van der Waals surface area contributed by atoms with Crippen LogP contribution in [0.2, 0.25) is 15.1 Å². The lowest BCUT2D eigenvalue weighted by molar-refractivity contribution is -0.139. The highest BCUT2D eigenvalue weighted by atomic mass is 35.5. The van der Waals surface area contributed by atoms with E-state index in [0.29, 0.717) is 10.6 Å². The molecule has 3 aromatic rings. The number of hydrogen-bond acceptors (Lipinski definition) is 4. The van der Waals surface area contributed by atoms with Crippen LogP contribution < -0.4 is 9.62 Å². The number of rotatable bonds is 10. The second kappa shape index (κ2) is 14.1. The van der Waals surface area contributed by atoms with Gasteiger partial charge < -0.3 is 10.2 Å². The first-order chi connectivity index (χ1) is 20.0. The molecule has 7 nitrogen and oxygen atoms in total. The molecule has 42 heavy (non-hydrogen) atoms. The van der Waals surface area contributed by atoms with Crippen LogP contribution in [0.25, 0.3) is 0 Å². The molecule has 1 atom stereocenters. The van der Waals surface area contributed by atoms with E-state index in [1.165, 1.54) is 29.2 Å². The maximum Gasteiger partial charge on any atom is 0.264 e. The van der Waals surface area contributed by atoms with Gasteiger partial charge in [0.1, 0.15) is 12.6 Å². The Balaban J connectivity index is 1.71. The van der Waals surface area contributed by atoms with E-state index in [4.69, 9.17) is 34.8 Å². The van der Waals surface area contributed by atoms with Gasteiger partial charge in [0.2, 0.25) is 11.8 Å². The normalized spacial score (nSPS) is 14.7. The molecule has 224 valence electrons. The van der Waals surface area contributed by atoms with Crippen molar-refractivity contribution in [3.8, 4) is 0 Å². The molecule has 11 heteroatoms. The Morgan fingerprint density at radius 2 is 1.62 bits per heavy atom. The summed E-state index contributed by atoms with van der Waals surface area (Å²) in [5.41, 5.74) is 1.63. The standard InChI is InChI=1S/C31H34Cl3N3O4S/c1-21-14-16-26(17-15-21)42(40,41)37(28-13-7-12-27(33)30(28)34)20-29(38)36(19-23-8-6-9-24(32)18-23)22(2)31(39)35-25-10-4-3-5-11-25/h6-9,12-18,22,25H,3-5,10-11,19-20H2,1-2H3,(H,35,39)/t22-/m1/s1. The van der Waals surface area contributed by atoms with Crippen LogP contribution in [0.15, 0.2) is 71.6 Å². The number of amides is 2. The number of benzene rings is 3. The Kier molecular flexibility index (Phi) is 10.8. The van der Waals surface area contributed by atoms with Gasteiger partial charge in [-0.1, -0.05) is 90.0 Å². The van der Waals surface area contributed by atoms with Gasteiger partial charge in [0.15, 0.2) is 0 Å². The van der Waals surface area contributed by atoms with Crippen LogP contribution in [0.4, 0.5) is 5.69 Å². The van der Waals surface area contributed by atoms with E-state index in [1.54, 1.807) is 49.4 Å². The second-order valence-corrected chi connectivity index (χ2v) is 13.7. The minimum atomic E-state index is -4.27. The first-order valence-corrected chi connectivity index (χ1v) is 16.4. The molecule has 1 aliphatic rings. The Labute approximate surface area is 262 Å². The highest BCUT2D eigenvalue weighted by Gasteiger charge is 2.34. The lowest BCUT2D eigenvalue weighted by Gasteiger charge is -2.33. The number of halogens is 3. The van der Waals surface area contributed by atoms with Gasteiger partial charge in [-0.05, 0) is 68.7 Å². The molecule has 0 spiro atoms. The molecule has 1 N–H and O–H groups in total. The fraction of sp³-hybridized carbons (Fsp3) is 0.355. The number of carbonyl (C=O) groups is 2. The van der Waals surface area contributed by atoms with E-state index in [9.17, 15) is 18.0 Å². The zero-order chi connectivity index (χ0) is 30.4. The summed E-state index contributed by atoms with van der Waals surface area (Å²) in [4.78, 5) is 28.9. The molecule has 0 radical (unpaired) electrons. The van der Waals surface area contributed by atoms with Crippen LogP contribution in [0, 0.1) is 6.92 Å². The van der Waals surface area contributed by atoms with Crippen molar-refractivity contribution in [3.63, 3.8) is 0 Å². The van der Waals surface area contributed by atoms with Gasteiger partial charge in [-0.25, -0.2) is 8.42 Å². The fourth-order valence-electron chi connectivity index (χ4n) is 5.02. The minimum absolute atomic E-state index is 0.00728. The van der Waals surface area contributed by atoms with E-state index < -0.39 is 28.5 Å². The SMILES string of the molecule is Cc1ccc(S(=O)(=O)N(CC(=O)N(Cc2cccc(Cl)c2)[C@H](C)C(=O)NC2CCCCC2)c2cccc(Cl)c2Cl)cc1. The minimum Gasteiger partial charge on any atom is -0.352 e. The maximum atomic E-state index is 14.1. The summed E-state index contributed by atoms with van der Waals surface area (Å²) in [5, 5.41) is 3.70. The molecule has 4 rings (SSSR count). The third kappa shape index (κ3) is 7.78. The van der Waals surface area contributed by atoms with E-state index >= 15 is 0 Å². The molecule has 0 unspecified atom stereocenters. The molecule has 1 fully saturated rings. The van der Waals surface area contributed by atoms with Crippen LogP contribution in [0.1, 0.15) is 50.2 Å². The molecule has 0 bridgehead atoms. The molecule has 0 saturated heterocycles. The molecule has 0 aliphatic heterocycles. The van der Waals surface area contributed by atoms with Crippen molar-refractivity contribution in [2.75, 3.05) is 10.8 Å². The Bertz CT molecular complexity index is 1530. The predicted octanol–water partition coefficient (Wildman–Crippen LogP) is 7.02. The third-order valence-corrected chi connectivity index (χ3v) is 10.3. The summed E-state index contributed by atoms with van der Waals surface area (Å²) in [6.07, 6.45) is 4.99. The highest BCUT2D eigenvalue weighted by Crippen LogP contribution is 2.35. The quantitative estimate of drug-likeness (QED) is 0.256. The largest absolute Gasteiger partial charge is 0.352 e. The lowest BCUT2D eigenvalue weighted by Crippen LogP contribution is -2.53. The third-order valence-electron chi connectivity index (χ3n) is 7.45.